The van der Waals surface area contributed by atoms with E-state index in [0.29, 0.717) is 38.3 Å². The van der Waals surface area contributed by atoms with Crippen LogP contribution < -0.4 is 0 Å². The van der Waals surface area contributed by atoms with Crippen molar-refractivity contribution in [3.63, 3.8) is 0 Å². The molecule has 0 aromatic carbocycles. The van der Waals surface area contributed by atoms with Crippen LogP contribution in [0.5, 0.6) is 0 Å². The summed E-state index contributed by atoms with van der Waals surface area (Å²) in [5.74, 6) is -0.628. The predicted octanol–water partition coefficient (Wildman–Crippen LogP) is 1.10. The van der Waals surface area contributed by atoms with Crippen LogP contribution in [0.25, 0.3) is 0 Å². The quantitative estimate of drug-likeness (QED) is 0.789. The van der Waals surface area contributed by atoms with E-state index in [1.54, 1.807) is 4.90 Å². The molecule has 2 heterocycles. The van der Waals surface area contributed by atoms with Gasteiger partial charge in [-0.2, -0.15) is 0 Å². The lowest BCUT2D eigenvalue weighted by atomic mass is 9.92. The molecule has 6 heteroatoms. The molecule has 122 valence electrons. The van der Waals surface area contributed by atoms with Crippen LogP contribution in [-0.2, 0) is 14.4 Å². The summed E-state index contributed by atoms with van der Waals surface area (Å²) in [5.41, 5.74) is -1.13. The van der Waals surface area contributed by atoms with Crippen LogP contribution in [0.3, 0.4) is 0 Å². The normalized spacial score (nSPS) is 24.4. The van der Waals surface area contributed by atoms with Gasteiger partial charge in [0.05, 0.1) is 0 Å². The second-order valence-electron chi connectivity index (χ2n) is 6.91. The Hall–Kier alpha value is -1.59. The van der Waals surface area contributed by atoms with E-state index in [4.69, 9.17) is 0 Å². The third-order valence-corrected chi connectivity index (χ3v) is 5.39. The Kier molecular flexibility index (Phi) is 4.10. The summed E-state index contributed by atoms with van der Waals surface area (Å²) in [6.07, 6.45) is 5.34. The first-order chi connectivity index (χ1) is 10.5. The summed E-state index contributed by atoms with van der Waals surface area (Å²) in [7, 11) is 0. The number of piperidine rings is 1. The van der Waals surface area contributed by atoms with Gasteiger partial charge >= 0.3 is 5.97 Å². The van der Waals surface area contributed by atoms with Crippen molar-refractivity contribution in [1.82, 2.24) is 9.80 Å². The third-order valence-electron chi connectivity index (χ3n) is 5.39. The molecular weight excluding hydrogens is 284 g/mol. The molecule has 1 saturated carbocycles. The zero-order valence-corrected chi connectivity index (χ0v) is 12.9. The number of carbonyl (C=O) groups is 3. The Morgan fingerprint density at radius 3 is 2.05 bits per heavy atom. The molecule has 2 saturated heterocycles. The van der Waals surface area contributed by atoms with Gasteiger partial charge < -0.3 is 14.9 Å². The molecule has 0 aromatic heterocycles. The van der Waals surface area contributed by atoms with Crippen molar-refractivity contribution in [1.29, 1.82) is 0 Å². The maximum atomic E-state index is 12.3. The predicted molar refractivity (Wildman–Crippen MR) is 79.0 cm³/mol. The summed E-state index contributed by atoms with van der Waals surface area (Å²) in [4.78, 5) is 39.4. The van der Waals surface area contributed by atoms with Crippen molar-refractivity contribution < 1.29 is 19.5 Å². The zero-order valence-electron chi connectivity index (χ0n) is 12.9. The summed E-state index contributed by atoms with van der Waals surface area (Å²) < 4.78 is 0. The molecule has 6 nitrogen and oxygen atoms in total. The monoisotopic (exact) mass is 308 g/mol. The second-order valence-corrected chi connectivity index (χ2v) is 6.91. The summed E-state index contributed by atoms with van der Waals surface area (Å²) in [6, 6.07) is 0. The van der Waals surface area contributed by atoms with Crippen LogP contribution in [0.2, 0.25) is 0 Å². The molecule has 0 atom stereocenters. The van der Waals surface area contributed by atoms with Gasteiger partial charge in [0.2, 0.25) is 11.8 Å². The number of hydrogen-bond acceptors (Lipinski definition) is 3. The lowest BCUT2D eigenvalue weighted by Crippen LogP contribution is -2.45. The van der Waals surface area contributed by atoms with Gasteiger partial charge in [0.25, 0.3) is 0 Å². The zero-order chi connectivity index (χ0) is 15.7. The number of carboxylic acids is 1. The molecule has 3 rings (SSSR count). The highest BCUT2D eigenvalue weighted by atomic mass is 16.4. The first-order valence-corrected chi connectivity index (χ1v) is 8.33. The SMILES string of the molecule is O=C(CC1CCN(C(=O)C2(C(=O)O)CC2)CC1)N1CCCC1. The maximum absolute atomic E-state index is 12.3. The van der Waals surface area contributed by atoms with Gasteiger partial charge in [-0.1, -0.05) is 0 Å². The van der Waals surface area contributed by atoms with E-state index in [2.05, 4.69) is 0 Å². The average Bonchev–Trinajstić information content (AvgIpc) is 3.14. The summed E-state index contributed by atoms with van der Waals surface area (Å²) >= 11 is 0. The average molecular weight is 308 g/mol. The van der Waals surface area contributed by atoms with Crippen molar-refractivity contribution >= 4 is 17.8 Å². The Balaban J connectivity index is 1.47. The van der Waals surface area contributed by atoms with Crippen LogP contribution in [0, 0.1) is 11.3 Å². The smallest absolute Gasteiger partial charge is 0.319 e. The first-order valence-electron chi connectivity index (χ1n) is 8.33. The summed E-state index contributed by atoms with van der Waals surface area (Å²) in [5, 5.41) is 9.20. The number of amides is 2. The number of likely N-dealkylation sites (tertiary alicyclic amines) is 2. The van der Waals surface area contributed by atoms with Crippen LogP contribution in [0.4, 0.5) is 0 Å². The van der Waals surface area contributed by atoms with E-state index >= 15 is 0 Å². The van der Waals surface area contributed by atoms with Crippen molar-refractivity contribution in [2.45, 2.75) is 44.9 Å². The molecule has 0 bridgehead atoms. The van der Waals surface area contributed by atoms with E-state index < -0.39 is 11.4 Å². The van der Waals surface area contributed by atoms with E-state index in [-0.39, 0.29) is 11.8 Å². The van der Waals surface area contributed by atoms with Crippen molar-refractivity contribution in [3.8, 4) is 0 Å². The van der Waals surface area contributed by atoms with Gasteiger partial charge in [-0.15, -0.1) is 0 Å². The molecule has 1 aliphatic carbocycles. The first kappa shape index (κ1) is 15.3. The van der Waals surface area contributed by atoms with Crippen molar-refractivity contribution in [3.05, 3.63) is 0 Å². The Morgan fingerprint density at radius 1 is 0.955 bits per heavy atom. The molecule has 1 N–H and O–H groups in total. The lowest BCUT2D eigenvalue weighted by Gasteiger charge is -2.34. The van der Waals surface area contributed by atoms with E-state index in [9.17, 15) is 19.5 Å². The standard InChI is InChI=1S/C16H24N2O4/c19-13(17-7-1-2-8-17)11-12-3-9-18(10-4-12)14(20)16(5-6-16)15(21)22/h12H,1-11H2,(H,21,22). The molecule has 0 unspecified atom stereocenters. The van der Waals surface area contributed by atoms with E-state index in [1.807, 2.05) is 4.90 Å². The molecule has 0 aromatic rings. The molecule has 3 fully saturated rings. The highest BCUT2D eigenvalue weighted by molar-refractivity contribution is 6.04. The Labute approximate surface area is 130 Å². The molecule has 22 heavy (non-hydrogen) atoms. The van der Waals surface area contributed by atoms with Crippen LogP contribution in [0.15, 0.2) is 0 Å². The second kappa shape index (κ2) is 5.89. The minimum absolute atomic E-state index is 0.218. The van der Waals surface area contributed by atoms with E-state index in [1.165, 1.54) is 0 Å². The van der Waals surface area contributed by atoms with Crippen molar-refractivity contribution in [2.75, 3.05) is 26.2 Å². The number of nitrogens with zero attached hydrogens (tertiary/aromatic N) is 2. The number of carbonyl (C=O) groups excluding carboxylic acids is 2. The highest BCUT2D eigenvalue weighted by Crippen LogP contribution is 2.48. The maximum Gasteiger partial charge on any atom is 0.319 e. The molecule has 0 radical (unpaired) electrons. The number of rotatable bonds is 4. The van der Waals surface area contributed by atoms with Crippen LogP contribution >= 0.6 is 0 Å². The fraction of sp³-hybridized carbons (Fsp3) is 0.812. The number of aliphatic carboxylic acids is 1. The number of carboxylic acid groups (broad SMARTS) is 1. The van der Waals surface area contributed by atoms with Gasteiger partial charge in [0.15, 0.2) is 0 Å². The van der Waals surface area contributed by atoms with Gasteiger partial charge in [-0.3, -0.25) is 14.4 Å². The Morgan fingerprint density at radius 2 is 1.55 bits per heavy atom. The van der Waals surface area contributed by atoms with Gasteiger partial charge in [0.1, 0.15) is 5.41 Å². The minimum atomic E-state index is -1.13. The van der Waals surface area contributed by atoms with Gasteiger partial charge in [-0.25, -0.2) is 0 Å². The van der Waals surface area contributed by atoms with Crippen LogP contribution in [0.1, 0.15) is 44.9 Å². The highest BCUT2D eigenvalue weighted by Gasteiger charge is 2.58. The number of hydrogen-bond donors (Lipinski definition) is 1. The largest absolute Gasteiger partial charge is 0.480 e. The molecule has 0 spiro atoms. The van der Waals surface area contributed by atoms with E-state index in [0.717, 1.165) is 38.8 Å². The van der Waals surface area contributed by atoms with Gasteiger partial charge in [0, 0.05) is 32.6 Å². The topological polar surface area (TPSA) is 77.9 Å². The van der Waals surface area contributed by atoms with Gasteiger partial charge in [-0.05, 0) is 44.4 Å². The third kappa shape index (κ3) is 2.83. The lowest BCUT2D eigenvalue weighted by molar-refractivity contribution is -0.154. The molecule has 3 aliphatic rings. The molecule has 2 aliphatic heterocycles. The fourth-order valence-corrected chi connectivity index (χ4v) is 3.63. The van der Waals surface area contributed by atoms with Crippen molar-refractivity contribution in [2.24, 2.45) is 11.3 Å². The van der Waals surface area contributed by atoms with Crippen LogP contribution in [-0.4, -0.2) is 58.9 Å². The molecule has 2 amide bonds. The fourth-order valence-electron chi connectivity index (χ4n) is 3.63. The Bertz CT molecular complexity index is 473. The summed E-state index contributed by atoms with van der Waals surface area (Å²) in [6.45, 7) is 2.95. The molecular formula is C16H24N2O4. The minimum Gasteiger partial charge on any atom is -0.480 e.